The van der Waals surface area contributed by atoms with Gasteiger partial charge in [0.1, 0.15) is 6.04 Å². The lowest BCUT2D eigenvalue weighted by Gasteiger charge is -2.29. The van der Waals surface area contributed by atoms with Gasteiger partial charge in [-0.05, 0) is 24.3 Å². The number of carboxylic acid groups (broad SMARTS) is 1. The minimum atomic E-state index is -1.06. The van der Waals surface area contributed by atoms with Crippen molar-refractivity contribution < 1.29 is 19.5 Å². The van der Waals surface area contributed by atoms with Gasteiger partial charge in [0.25, 0.3) is 0 Å². The van der Waals surface area contributed by atoms with Crippen molar-refractivity contribution in [2.45, 2.75) is 46.1 Å². The first-order valence-electron chi connectivity index (χ1n) is 8.55. The van der Waals surface area contributed by atoms with Crippen molar-refractivity contribution in [2.75, 3.05) is 13.1 Å². The fourth-order valence-corrected chi connectivity index (χ4v) is 2.76. The number of amides is 2. The van der Waals surface area contributed by atoms with E-state index in [0.717, 1.165) is 5.56 Å². The number of nitrogens with one attached hydrogen (secondary N) is 1. The number of carbonyl (C=O) groups excluding carboxylic acids is 2. The lowest BCUT2D eigenvalue weighted by Crippen LogP contribution is -2.47. The highest BCUT2D eigenvalue weighted by atomic mass is 16.4. The fraction of sp³-hybridized carbons (Fsp3) is 0.526. The number of aliphatic carboxylic acids is 1. The molecule has 0 bridgehead atoms. The molecule has 2 N–H and O–H groups in total. The van der Waals surface area contributed by atoms with Crippen LogP contribution in [0.25, 0.3) is 0 Å². The van der Waals surface area contributed by atoms with Crippen LogP contribution in [0.5, 0.6) is 0 Å². The molecule has 1 aromatic carbocycles. The maximum absolute atomic E-state index is 12.8. The molecule has 0 fully saturated rings. The molecule has 0 spiro atoms. The molecule has 25 heavy (non-hydrogen) atoms. The van der Waals surface area contributed by atoms with Crippen molar-refractivity contribution in [3.63, 3.8) is 0 Å². The van der Waals surface area contributed by atoms with Gasteiger partial charge in [0, 0.05) is 26.4 Å². The number of carbonyl (C=O) groups is 3. The van der Waals surface area contributed by atoms with Crippen LogP contribution in [0.2, 0.25) is 0 Å². The van der Waals surface area contributed by atoms with Crippen LogP contribution in [-0.4, -0.2) is 46.9 Å². The van der Waals surface area contributed by atoms with Gasteiger partial charge in [-0.25, -0.2) is 4.79 Å². The number of nitrogens with zero attached hydrogens (tertiary/aromatic N) is 1. The Balaban J connectivity index is 2.90. The van der Waals surface area contributed by atoms with Gasteiger partial charge in [-0.2, -0.15) is 0 Å². The quantitative estimate of drug-likeness (QED) is 0.717. The molecule has 0 heterocycles. The zero-order valence-corrected chi connectivity index (χ0v) is 15.4. The van der Waals surface area contributed by atoms with Gasteiger partial charge in [0.05, 0.1) is 0 Å². The zero-order valence-electron chi connectivity index (χ0n) is 15.4. The van der Waals surface area contributed by atoms with E-state index in [0.29, 0.717) is 0 Å². The van der Waals surface area contributed by atoms with Crippen molar-refractivity contribution in [1.29, 1.82) is 0 Å². The summed E-state index contributed by atoms with van der Waals surface area (Å²) in [5.74, 6) is -1.24. The minimum Gasteiger partial charge on any atom is -0.480 e. The molecule has 0 saturated heterocycles. The molecule has 6 heteroatoms. The van der Waals surface area contributed by atoms with Crippen LogP contribution in [0.15, 0.2) is 30.3 Å². The van der Waals surface area contributed by atoms with E-state index in [1.54, 1.807) is 0 Å². The molecule has 1 aromatic rings. The summed E-state index contributed by atoms with van der Waals surface area (Å²) in [5, 5.41) is 11.9. The summed E-state index contributed by atoms with van der Waals surface area (Å²) >= 11 is 0. The molecule has 6 nitrogen and oxygen atoms in total. The summed E-state index contributed by atoms with van der Waals surface area (Å²) in [4.78, 5) is 36.5. The lowest BCUT2D eigenvalue weighted by atomic mass is 9.85. The average Bonchev–Trinajstić information content (AvgIpc) is 2.56. The molecular formula is C19H28N2O4. The van der Waals surface area contributed by atoms with E-state index < -0.39 is 12.0 Å². The predicted octanol–water partition coefficient (Wildman–Crippen LogP) is 2.25. The van der Waals surface area contributed by atoms with Crippen LogP contribution in [0.1, 0.15) is 45.6 Å². The number of hydrogen-bond acceptors (Lipinski definition) is 3. The second-order valence-electron chi connectivity index (χ2n) is 6.55. The molecule has 0 saturated carbocycles. The van der Waals surface area contributed by atoms with Crippen LogP contribution in [-0.2, 0) is 14.4 Å². The second kappa shape index (κ2) is 9.81. The number of benzene rings is 1. The largest absolute Gasteiger partial charge is 0.480 e. The zero-order chi connectivity index (χ0) is 19.0. The molecule has 1 rings (SSSR count). The van der Waals surface area contributed by atoms with Gasteiger partial charge in [0.15, 0.2) is 0 Å². The van der Waals surface area contributed by atoms with Crippen molar-refractivity contribution >= 4 is 17.8 Å². The third-order valence-electron chi connectivity index (χ3n) is 4.30. The maximum Gasteiger partial charge on any atom is 0.326 e. The summed E-state index contributed by atoms with van der Waals surface area (Å²) in [5.41, 5.74) is 1.07. The topological polar surface area (TPSA) is 86.7 Å². The monoisotopic (exact) mass is 348 g/mol. The molecule has 2 atom stereocenters. The van der Waals surface area contributed by atoms with E-state index in [2.05, 4.69) is 5.32 Å². The summed E-state index contributed by atoms with van der Waals surface area (Å²) in [6.07, 6.45) is 0.235. The smallest absolute Gasteiger partial charge is 0.326 e. The average molecular weight is 348 g/mol. The third-order valence-corrected chi connectivity index (χ3v) is 4.30. The van der Waals surface area contributed by atoms with Crippen LogP contribution in [0.3, 0.4) is 0 Å². The van der Waals surface area contributed by atoms with Gasteiger partial charge in [-0.3, -0.25) is 9.59 Å². The molecule has 0 aliphatic rings. The summed E-state index contributed by atoms with van der Waals surface area (Å²) < 4.78 is 0. The highest BCUT2D eigenvalue weighted by Crippen LogP contribution is 2.28. The molecule has 0 radical (unpaired) electrons. The normalized spacial score (nSPS) is 13.2. The Labute approximate surface area is 149 Å². The van der Waals surface area contributed by atoms with Crippen LogP contribution < -0.4 is 5.32 Å². The van der Waals surface area contributed by atoms with Gasteiger partial charge >= 0.3 is 5.97 Å². The maximum atomic E-state index is 12.8. The molecule has 0 aliphatic heterocycles. The van der Waals surface area contributed by atoms with Gasteiger partial charge in [0.2, 0.25) is 11.8 Å². The van der Waals surface area contributed by atoms with Gasteiger partial charge in [-0.15, -0.1) is 0 Å². The minimum absolute atomic E-state index is 0.0120. The molecule has 0 aliphatic carbocycles. The molecule has 138 valence electrons. The first kappa shape index (κ1) is 20.7. The van der Waals surface area contributed by atoms with E-state index in [-0.39, 0.29) is 43.2 Å². The Morgan fingerprint density at radius 3 is 2.20 bits per heavy atom. The van der Waals surface area contributed by atoms with Crippen molar-refractivity contribution in [2.24, 2.45) is 5.92 Å². The number of rotatable bonds is 9. The Hall–Kier alpha value is -2.37. The Morgan fingerprint density at radius 1 is 1.12 bits per heavy atom. The predicted molar refractivity (Wildman–Crippen MR) is 96.1 cm³/mol. The van der Waals surface area contributed by atoms with E-state index in [4.69, 9.17) is 0 Å². The summed E-state index contributed by atoms with van der Waals surface area (Å²) in [7, 11) is 0. The van der Waals surface area contributed by atoms with Gasteiger partial charge < -0.3 is 15.3 Å². The number of hydrogen-bond donors (Lipinski definition) is 2. The Morgan fingerprint density at radius 2 is 1.72 bits per heavy atom. The van der Waals surface area contributed by atoms with Crippen molar-refractivity contribution in [1.82, 2.24) is 10.2 Å². The SMILES string of the molecule is CC(=O)NCCN(C(=O)CC(c1ccccc1)C(C)C)C(C)C(=O)O. The summed E-state index contributed by atoms with van der Waals surface area (Å²) in [6, 6.07) is 8.83. The Kier molecular flexibility index (Phi) is 8.11. The molecule has 2 amide bonds. The van der Waals surface area contributed by atoms with Crippen LogP contribution >= 0.6 is 0 Å². The van der Waals surface area contributed by atoms with Crippen molar-refractivity contribution in [3.8, 4) is 0 Å². The van der Waals surface area contributed by atoms with Crippen LogP contribution in [0.4, 0.5) is 0 Å². The third kappa shape index (κ3) is 6.57. The first-order valence-corrected chi connectivity index (χ1v) is 8.55. The van der Waals surface area contributed by atoms with Crippen LogP contribution in [0, 0.1) is 5.92 Å². The highest BCUT2D eigenvalue weighted by Gasteiger charge is 2.28. The molecular weight excluding hydrogens is 320 g/mol. The van der Waals surface area contributed by atoms with E-state index in [9.17, 15) is 19.5 Å². The van der Waals surface area contributed by atoms with Gasteiger partial charge in [-0.1, -0.05) is 44.2 Å². The van der Waals surface area contributed by atoms with E-state index in [1.807, 2.05) is 44.2 Å². The fourth-order valence-electron chi connectivity index (χ4n) is 2.76. The van der Waals surface area contributed by atoms with Crippen molar-refractivity contribution in [3.05, 3.63) is 35.9 Å². The van der Waals surface area contributed by atoms with E-state index in [1.165, 1.54) is 18.7 Å². The second-order valence-corrected chi connectivity index (χ2v) is 6.55. The lowest BCUT2D eigenvalue weighted by molar-refractivity contribution is -0.149. The Bertz CT molecular complexity index is 586. The van der Waals surface area contributed by atoms with E-state index >= 15 is 0 Å². The molecule has 0 aromatic heterocycles. The first-order chi connectivity index (χ1) is 11.7. The molecule has 2 unspecified atom stereocenters. The summed E-state index contributed by atoms with van der Waals surface area (Å²) in [6.45, 7) is 7.38. The number of carboxylic acids is 1. The highest BCUT2D eigenvalue weighted by molar-refractivity contribution is 5.84. The standard InChI is InChI=1S/C19H28N2O4/c1-13(2)17(16-8-6-5-7-9-16)12-18(23)21(14(3)19(24)25)11-10-20-15(4)22/h5-9,13-14,17H,10-12H2,1-4H3,(H,20,22)(H,24,25).